The summed E-state index contributed by atoms with van der Waals surface area (Å²) >= 11 is 1.09. The molecule has 1 amide bonds. The lowest BCUT2D eigenvalue weighted by Gasteiger charge is -2.08. The van der Waals surface area contributed by atoms with Crippen LogP contribution in [0.5, 0.6) is 0 Å². The molecule has 5 rings (SSSR count). The molecule has 0 spiro atoms. The number of carbonyl (C=O) groups is 2. The third kappa shape index (κ3) is 3.39. The summed E-state index contributed by atoms with van der Waals surface area (Å²) in [7, 11) is 1.32. The number of methoxy groups -OCH3 is 1. The first-order chi connectivity index (χ1) is 14.1. The van der Waals surface area contributed by atoms with E-state index in [9.17, 15) is 9.59 Å². The quantitative estimate of drug-likeness (QED) is 0.660. The fourth-order valence-corrected chi connectivity index (χ4v) is 4.49. The zero-order valence-electron chi connectivity index (χ0n) is 16.1. The Balaban J connectivity index is 1.53. The van der Waals surface area contributed by atoms with Crippen molar-refractivity contribution in [3.05, 3.63) is 34.2 Å². The molecule has 29 heavy (non-hydrogen) atoms. The SMILES string of the molecule is COC(=O)c1cnc(NC(=O)c2cc(C3CC3)nc3c2nc2n3CCCCC2)s1. The van der Waals surface area contributed by atoms with Gasteiger partial charge in [0.1, 0.15) is 16.2 Å². The highest BCUT2D eigenvalue weighted by Crippen LogP contribution is 2.40. The van der Waals surface area contributed by atoms with E-state index in [1.54, 1.807) is 0 Å². The molecule has 8 nitrogen and oxygen atoms in total. The highest BCUT2D eigenvalue weighted by molar-refractivity contribution is 7.17. The van der Waals surface area contributed by atoms with Gasteiger partial charge in [-0.3, -0.25) is 10.1 Å². The van der Waals surface area contributed by atoms with Crippen molar-refractivity contribution in [3.63, 3.8) is 0 Å². The number of rotatable bonds is 4. The summed E-state index contributed by atoms with van der Waals surface area (Å²) in [5, 5.41) is 3.17. The third-order valence-electron chi connectivity index (χ3n) is 5.44. The van der Waals surface area contributed by atoms with Gasteiger partial charge in [-0.05, 0) is 31.7 Å². The van der Waals surface area contributed by atoms with Gasteiger partial charge in [-0.25, -0.2) is 19.7 Å². The van der Waals surface area contributed by atoms with Crippen molar-refractivity contribution in [2.75, 3.05) is 12.4 Å². The standard InChI is InChI=1S/C20H21N5O3S/c1-28-19(27)14-10-21-20(29-14)24-18(26)12-9-13(11-6-7-11)22-17-16(12)23-15-5-3-2-4-8-25(15)17/h9-11H,2-8H2,1H3,(H,21,24,26). The summed E-state index contributed by atoms with van der Waals surface area (Å²) in [6, 6.07) is 1.87. The molecule has 0 unspecified atom stereocenters. The second kappa shape index (κ2) is 7.22. The zero-order chi connectivity index (χ0) is 20.0. The van der Waals surface area contributed by atoms with Crippen molar-refractivity contribution >= 4 is 39.5 Å². The Kier molecular flexibility index (Phi) is 4.54. The number of amides is 1. The highest BCUT2D eigenvalue weighted by Gasteiger charge is 2.29. The number of nitrogens with zero attached hydrogens (tertiary/aromatic N) is 4. The Hall–Kier alpha value is -2.81. The van der Waals surface area contributed by atoms with Crippen molar-refractivity contribution in [2.45, 2.75) is 51.0 Å². The number of anilines is 1. The van der Waals surface area contributed by atoms with E-state index in [2.05, 4.69) is 14.9 Å². The van der Waals surface area contributed by atoms with Crippen LogP contribution in [0.25, 0.3) is 11.2 Å². The maximum Gasteiger partial charge on any atom is 0.349 e. The predicted molar refractivity (Wildman–Crippen MR) is 108 cm³/mol. The normalized spacial score (nSPS) is 16.3. The van der Waals surface area contributed by atoms with Crippen molar-refractivity contribution < 1.29 is 14.3 Å². The van der Waals surface area contributed by atoms with E-state index in [0.717, 1.165) is 67.2 Å². The van der Waals surface area contributed by atoms with Crippen LogP contribution in [0.15, 0.2) is 12.3 Å². The number of nitrogens with one attached hydrogen (secondary N) is 1. The second-order valence-corrected chi connectivity index (χ2v) is 8.54. The molecule has 150 valence electrons. The van der Waals surface area contributed by atoms with E-state index in [1.165, 1.54) is 19.7 Å². The number of ether oxygens (including phenoxy) is 1. The summed E-state index contributed by atoms with van der Waals surface area (Å²) in [5.74, 6) is 0.685. The van der Waals surface area contributed by atoms with Gasteiger partial charge >= 0.3 is 5.97 Å². The van der Waals surface area contributed by atoms with Gasteiger partial charge in [0.05, 0.1) is 18.9 Å². The van der Waals surface area contributed by atoms with Crippen LogP contribution >= 0.6 is 11.3 Å². The first-order valence-corrected chi connectivity index (χ1v) is 10.7. The monoisotopic (exact) mass is 411 g/mol. The highest BCUT2D eigenvalue weighted by atomic mass is 32.1. The molecule has 1 saturated carbocycles. The molecule has 0 saturated heterocycles. The van der Waals surface area contributed by atoms with E-state index < -0.39 is 5.97 Å². The van der Waals surface area contributed by atoms with Crippen LogP contribution in [-0.2, 0) is 17.7 Å². The maximum absolute atomic E-state index is 13.1. The van der Waals surface area contributed by atoms with Crippen LogP contribution in [0, 0.1) is 0 Å². The number of pyridine rings is 1. The van der Waals surface area contributed by atoms with Gasteiger partial charge in [0.2, 0.25) is 0 Å². The van der Waals surface area contributed by atoms with Crippen LogP contribution < -0.4 is 5.32 Å². The molecule has 9 heteroatoms. The summed E-state index contributed by atoms with van der Waals surface area (Å²) in [6.45, 7) is 0.892. The van der Waals surface area contributed by atoms with Crippen LogP contribution in [0.2, 0.25) is 0 Å². The molecule has 0 bridgehead atoms. The van der Waals surface area contributed by atoms with E-state index in [-0.39, 0.29) is 5.91 Å². The molecule has 1 aliphatic heterocycles. The van der Waals surface area contributed by atoms with Crippen LogP contribution in [0.1, 0.15) is 69.6 Å². The lowest BCUT2D eigenvalue weighted by Crippen LogP contribution is -2.13. The number of esters is 1. The molecule has 1 N–H and O–H groups in total. The molecule has 1 aliphatic carbocycles. The molecule has 2 aliphatic rings. The largest absolute Gasteiger partial charge is 0.465 e. The topological polar surface area (TPSA) is 99.0 Å². The van der Waals surface area contributed by atoms with Gasteiger partial charge in [-0.15, -0.1) is 0 Å². The Bertz CT molecular complexity index is 1110. The molecule has 3 aromatic heterocycles. The number of aryl methyl sites for hydroxylation is 2. The van der Waals surface area contributed by atoms with Crippen molar-refractivity contribution in [2.24, 2.45) is 0 Å². The lowest BCUT2D eigenvalue weighted by molar-refractivity contribution is 0.0606. The summed E-state index contributed by atoms with van der Waals surface area (Å²) in [4.78, 5) is 38.9. The maximum atomic E-state index is 13.1. The van der Waals surface area contributed by atoms with Crippen LogP contribution in [-0.4, -0.2) is 38.5 Å². The Morgan fingerprint density at radius 3 is 2.90 bits per heavy atom. The second-order valence-electron chi connectivity index (χ2n) is 7.51. The Morgan fingerprint density at radius 1 is 1.24 bits per heavy atom. The number of hydrogen-bond donors (Lipinski definition) is 1. The van der Waals surface area contributed by atoms with Crippen LogP contribution in [0.4, 0.5) is 5.13 Å². The van der Waals surface area contributed by atoms with E-state index in [4.69, 9.17) is 14.7 Å². The Labute approximate surface area is 171 Å². The number of fused-ring (bicyclic) bond motifs is 3. The Morgan fingerprint density at radius 2 is 2.10 bits per heavy atom. The average Bonchev–Trinajstić information content (AvgIpc) is 3.45. The first kappa shape index (κ1) is 18.2. The van der Waals surface area contributed by atoms with Crippen molar-refractivity contribution in [1.29, 1.82) is 0 Å². The minimum absolute atomic E-state index is 0.279. The fourth-order valence-electron chi connectivity index (χ4n) is 3.76. The van der Waals surface area contributed by atoms with Gasteiger partial charge in [0, 0.05) is 24.6 Å². The molecule has 0 radical (unpaired) electrons. The van der Waals surface area contributed by atoms with Gasteiger partial charge in [-0.2, -0.15) is 0 Å². The van der Waals surface area contributed by atoms with Crippen molar-refractivity contribution in [1.82, 2.24) is 19.5 Å². The molecule has 1 fully saturated rings. The smallest absolute Gasteiger partial charge is 0.349 e. The first-order valence-electron chi connectivity index (χ1n) is 9.89. The van der Waals surface area contributed by atoms with E-state index in [0.29, 0.717) is 27.0 Å². The summed E-state index contributed by atoms with van der Waals surface area (Å²) in [6.07, 6.45) is 7.92. The van der Waals surface area contributed by atoms with E-state index in [1.807, 2.05) is 6.07 Å². The van der Waals surface area contributed by atoms with Gasteiger partial charge in [0.25, 0.3) is 5.91 Å². The number of carbonyl (C=O) groups excluding carboxylic acids is 2. The minimum Gasteiger partial charge on any atom is -0.465 e. The lowest BCUT2D eigenvalue weighted by atomic mass is 10.1. The summed E-state index contributed by atoms with van der Waals surface area (Å²) in [5.41, 5.74) is 2.94. The minimum atomic E-state index is -0.469. The predicted octanol–water partition coefficient (Wildman–Crippen LogP) is 3.53. The van der Waals surface area contributed by atoms with E-state index >= 15 is 0 Å². The average molecular weight is 411 g/mol. The molecule has 0 atom stereocenters. The number of aromatic nitrogens is 4. The van der Waals surface area contributed by atoms with Gasteiger partial charge < -0.3 is 9.30 Å². The van der Waals surface area contributed by atoms with Gasteiger partial charge in [0.15, 0.2) is 10.8 Å². The molecule has 0 aromatic carbocycles. The molecular weight excluding hydrogens is 390 g/mol. The molecule has 4 heterocycles. The fraction of sp³-hybridized carbons (Fsp3) is 0.450. The van der Waals surface area contributed by atoms with Gasteiger partial charge in [-0.1, -0.05) is 17.8 Å². The van der Waals surface area contributed by atoms with Crippen LogP contribution in [0.3, 0.4) is 0 Å². The molecule has 3 aromatic rings. The summed E-state index contributed by atoms with van der Waals surface area (Å²) < 4.78 is 6.88. The number of imidazole rings is 1. The number of hydrogen-bond acceptors (Lipinski definition) is 7. The zero-order valence-corrected chi connectivity index (χ0v) is 16.9. The van der Waals surface area contributed by atoms with Crippen molar-refractivity contribution in [3.8, 4) is 0 Å². The number of thiazole rings is 1. The molecular formula is C20H21N5O3S. The third-order valence-corrected chi connectivity index (χ3v) is 6.33.